The molecule has 0 bridgehead atoms. The van der Waals surface area contributed by atoms with Crippen LogP contribution in [0.25, 0.3) is 76.9 Å². The summed E-state index contributed by atoms with van der Waals surface area (Å²) < 4.78 is 7.35. The minimum Gasteiger partial charge on any atom is -0.453 e. The predicted molar refractivity (Wildman–Crippen MR) is 244 cm³/mol. The maximum Gasteiger partial charge on any atom is 0.159 e. The zero-order valence-corrected chi connectivity index (χ0v) is 33.1. The highest BCUT2D eigenvalue weighted by molar-refractivity contribution is 6.31. The van der Waals surface area contributed by atoms with Crippen molar-refractivity contribution in [2.75, 3.05) is 4.90 Å². The first-order chi connectivity index (χ1) is 28.3. The fourth-order valence-corrected chi connectivity index (χ4v) is 10.5. The lowest BCUT2D eigenvalue weighted by atomic mass is 9.82. The van der Waals surface area contributed by atoms with Gasteiger partial charge in [-0.3, -0.25) is 0 Å². The minimum absolute atomic E-state index is 0.159. The summed E-state index contributed by atoms with van der Waals surface area (Å²) >= 11 is 0. The van der Waals surface area contributed by atoms with Gasteiger partial charge in [-0.1, -0.05) is 167 Å². The zero-order valence-electron chi connectivity index (χ0n) is 33.1. The number of rotatable bonds is 4. The Balaban J connectivity index is 1.20. The molecule has 58 heavy (non-hydrogen) atoms. The molecule has 2 aliphatic carbocycles. The van der Waals surface area contributed by atoms with Crippen molar-refractivity contribution in [2.45, 2.75) is 38.5 Å². The van der Waals surface area contributed by atoms with E-state index in [-0.39, 0.29) is 10.8 Å². The highest BCUT2D eigenvalue weighted by atomic mass is 16.3. The van der Waals surface area contributed by atoms with Gasteiger partial charge in [-0.05, 0) is 108 Å². The highest BCUT2D eigenvalue weighted by Gasteiger charge is 2.38. The normalized spacial score (nSPS) is 14.5. The van der Waals surface area contributed by atoms with Crippen molar-refractivity contribution < 1.29 is 4.42 Å². The Morgan fingerprint density at radius 2 is 0.845 bits per heavy atom. The molecule has 0 atom stereocenters. The van der Waals surface area contributed by atoms with Gasteiger partial charge < -0.3 is 9.32 Å². The Kier molecular flexibility index (Phi) is 6.78. The van der Waals surface area contributed by atoms with Crippen LogP contribution in [-0.2, 0) is 10.8 Å². The van der Waals surface area contributed by atoms with Crippen LogP contribution in [0.3, 0.4) is 0 Å². The van der Waals surface area contributed by atoms with Crippen molar-refractivity contribution >= 4 is 60.5 Å². The van der Waals surface area contributed by atoms with Gasteiger partial charge in [0.2, 0.25) is 0 Å². The molecule has 0 fully saturated rings. The van der Waals surface area contributed by atoms with E-state index >= 15 is 0 Å². The molecule has 2 heteroatoms. The maximum atomic E-state index is 7.35. The van der Waals surface area contributed by atoms with Gasteiger partial charge in [0.1, 0.15) is 5.58 Å². The Morgan fingerprint density at radius 1 is 0.362 bits per heavy atom. The lowest BCUT2D eigenvalue weighted by molar-refractivity contribution is 0.660. The molecule has 2 nitrogen and oxygen atoms in total. The van der Waals surface area contributed by atoms with Crippen molar-refractivity contribution in [1.82, 2.24) is 0 Å². The van der Waals surface area contributed by atoms with Crippen LogP contribution in [-0.4, -0.2) is 0 Å². The van der Waals surface area contributed by atoms with Crippen LogP contribution >= 0.6 is 0 Å². The molecule has 0 amide bonds. The monoisotopic (exact) mass is 743 g/mol. The summed E-state index contributed by atoms with van der Waals surface area (Å²) in [6, 6.07) is 65.0. The third-order valence-electron chi connectivity index (χ3n) is 13.4. The summed E-state index contributed by atoms with van der Waals surface area (Å²) in [6.45, 7) is 9.46. The number of benzene rings is 9. The summed E-state index contributed by atoms with van der Waals surface area (Å²) in [4.78, 5) is 2.47. The largest absolute Gasteiger partial charge is 0.453 e. The smallest absolute Gasteiger partial charge is 0.159 e. The lowest BCUT2D eigenvalue weighted by Crippen LogP contribution is -2.18. The third-order valence-corrected chi connectivity index (χ3v) is 13.4. The third kappa shape index (κ3) is 4.49. The number of fused-ring (bicyclic) bond motifs is 14. The highest BCUT2D eigenvalue weighted by Crippen LogP contribution is 2.55. The first-order valence-electron chi connectivity index (χ1n) is 20.4. The van der Waals surface area contributed by atoms with Gasteiger partial charge in [-0.15, -0.1) is 0 Å². The van der Waals surface area contributed by atoms with Gasteiger partial charge in [-0.2, -0.15) is 0 Å². The van der Waals surface area contributed by atoms with Crippen LogP contribution < -0.4 is 4.90 Å². The van der Waals surface area contributed by atoms with Crippen molar-refractivity contribution in [2.24, 2.45) is 0 Å². The molecule has 1 heterocycles. The maximum absolute atomic E-state index is 7.35. The van der Waals surface area contributed by atoms with E-state index in [1.807, 2.05) is 0 Å². The van der Waals surface area contributed by atoms with Crippen molar-refractivity contribution in [3.05, 3.63) is 198 Å². The second-order valence-electron chi connectivity index (χ2n) is 17.3. The molecule has 0 saturated heterocycles. The first-order valence-corrected chi connectivity index (χ1v) is 20.4. The minimum atomic E-state index is -0.159. The average molecular weight is 744 g/mol. The fraction of sp³-hybridized carbons (Fsp3) is 0.107. The molecule has 1 aromatic heterocycles. The SMILES string of the molecule is CC1(C)c2ccccc2-c2ccc(N(c3ccc4c(c3)C(C)(C)c3ccccc3-4)c3cc(-c4ccccc4)cc4c3oc3c5ccccc5c5ccccc5c43)cc21. The topological polar surface area (TPSA) is 16.4 Å². The Labute approximate surface area is 338 Å². The predicted octanol–water partition coefficient (Wildman–Crippen LogP) is 15.6. The molecule has 0 aliphatic heterocycles. The standard InChI is InChI=1S/C56H41NO/c1-55(2)47-24-14-12-20-40(47)42-28-26-36(32-49(42)55)57(37-27-29-43-41-21-13-15-25-48(41)56(3,4)50(43)33-37)51-31-35(34-16-6-5-7-17-34)30-46-52-44-22-10-8-18-38(44)39-19-9-11-23-45(39)54(52)58-53(46)51/h5-33H,1-4H3. The van der Waals surface area contributed by atoms with Gasteiger partial charge >= 0.3 is 0 Å². The first kappa shape index (κ1) is 33.3. The van der Waals surface area contributed by atoms with E-state index in [0.29, 0.717) is 0 Å². The van der Waals surface area contributed by atoms with Gasteiger partial charge in [-0.25, -0.2) is 0 Å². The van der Waals surface area contributed by atoms with Crippen LogP contribution in [0.1, 0.15) is 49.9 Å². The molecule has 9 aromatic carbocycles. The van der Waals surface area contributed by atoms with E-state index in [4.69, 9.17) is 4.42 Å². The van der Waals surface area contributed by atoms with Crippen molar-refractivity contribution in [3.8, 4) is 33.4 Å². The molecule has 0 saturated carbocycles. The molecule has 0 unspecified atom stereocenters. The molecule has 10 aromatic rings. The molecule has 0 radical (unpaired) electrons. The number of anilines is 3. The van der Waals surface area contributed by atoms with E-state index in [2.05, 4.69) is 209 Å². The van der Waals surface area contributed by atoms with E-state index in [1.54, 1.807) is 0 Å². The van der Waals surface area contributed by atoms with Crippen LogP contribution in [0.15, 0.2) is 180 Å². The average Bonchev–Trinajstić information content (AvgIpc) is 3.85. The Morgan fingerprint density at radius 3 is 1.45 bits per heavy atom. The summed E-state index contributed by atoms with van der Waals surface area (Å²) in [5.74, 6) is 0. The molecule has 0 N–H and O–H groups in total. The lowest BCUT2D eigenvalue weighted by Gasteiger charge is -2.30. The van der Waals surface area contributed by atoms with Gasteiger partial charge in [0.05, 0.1) is 5.69 Å². The van der Waals surface area contributed by atoms with Crippen LogP contribution in [0.4, 0.5) is 17.1 Å². The quantitative estimate of drug-likeness (QED) is 0.167. The molecule has 12 rings (SSSR count). The Bertz CT molecular complexity index is 3240. The molecule has 2 aliphatic rings. The van der Waals surface area contributed by atoms with E-state index < -0.39 is 0 Å². The molecule has 276 valence electrons. The van der Waals surface area contributed by atoms with Crippen molar-refractivity contribution in [3.63, 3.8) is 0 Å². The Hall–Kier alpha value is -6.90. The number of hydrogen-bond acceptors (Lipinski definition) is 2. The number of hydrogen-bond donors (Lipinski definition) is 0. The van der Waals surface area contributed by atoms with E-state index in [0.717, 1.165) is 50.0 Å². The molecular formula is C56H41NO. The van der Waals surface area contributed by atoms with Crippen LogP contribution in [0.5, 0.6) is 0 Å². The number of nitrogens with zero attached hydrogens (tertiary/aromatic N) is 1. The second kappa shape index (κ2) is 11.8. The second-order valence-corrected chi connectivity index (χ2v) is 17.3. The van der Waals surface area contributed by atoms with E-state index in [1.165, 1.54) is 66.2 Å². The summed E-state index contributed by atoms with van der Waals surface area (Å²) in [5, 5.41) is 7.03. The summed E-state index contributed by atoms with van der Waals surface area (Å²) in [7, 11) is 0. The molecule has 0 spiro atoms. The van der Waals surface area contributed by atoms with Gasteiger partial charge in [0.25, 0.3) is 0 Å². The molecular weight excluding hydrogens is 703 g/mol. The zero-order chi connectivity index (χ0) is 38.9. The summed E-state index contributed by atoms with van der Waals surface area (Å²) in [5.41, 5.74) is 17.7. The van der Waals surface area contributed by atoms with Crippen LogP contribution in [0.2, 0.25) is 0 Å². The fourth-order valence-electron chi connectivity index (χ4n) is 10.5. The number of furan rings is 1. The van der Waals surface area contributed by atoms with Crippen molar-refractivity contribution in [1.29, 1.82) is 0 Å². The summed E-state index contributed by atoms with van der Waals surface area (Å²) in [6.07, 6.45) is 0. The van der Waals surface area contributed by atoms with Crippen LogP contribution in [0, 0.1) is 0 Å². The van der Waals surface area contributed by atoms with E-state index in [9.17, 15) is 0 Å². The van der Waals surface area contributed by atoms with Gasteiger partial charge in [0, 0.05) is 38.4 Å². The van der Waals surface area contributed by atoms with Gasteiger partial charge in [0.15, 0.2) is 5.58 Å².